The smallest absolute Gasteiger partial charge is 0.259 e. The first-order chi connectivity index (χ1) is 15.7. The highest BCUT2D eigenvalue weighted by Crippen LogP contribution is 2.29. The molecule has 1 amide bonds. The van der Waals surface area contributed by atoms with Gasteiger partial charge in [0.1, 0.15) is 23.1 Å². The van der Waals surface area contributed by atoms with Crippen molar-refractivity contribution < 1.29 is 28.2 Å². The lowest BCUT2D eigenvalue weighted by atomic mass is 10.00. The van der Waals surface area contributed by atoms with Crippen LogP contribution in [0.5, 0.6) is 11.5 Å². The summed E-state index contributed by atoms with van der Waals surface area (Å²) in [5.74, 6) is -1.94. The van der Waals surface area contributed by atoms with E-state index in [1.807, 2.05) is 0 Å². The molecule has 2 N–H and O–H groups in total. The molecule has 1 heterocycles. The predicted octanol–water partition coefficient (Wildman–Crippen LogP) is 4.40. The number of ketones is 1. The molecule has 0 spiro atoms. The Morgan fingerprint density at radius 3 is 2.58 bits per heavy atom. The first-order valence-electron chi connectivity index (χ1n) is 9.77. The number of nitrogens with zero attached hydrogens (tertiary/aromatic N) is 1. The van der Waals surface area contributed by atoms with E-state index in [0.717, 1.165) is 18.2 Å². The zero-order valence-corrected chi connectivity index (χ0v) is 17.7. The van der Waals surface area contributed by atoms with Crippen molar-refractivity contribution in [2.75, 3.05) is 6.54 Å². The molecular formula is C24H17ClF2N2O4. The van der Waals surface area contributed by atoms with E-state index in [9.17, 15) is 23.5 Å². The van der Waals surface area contributed by atoms with Crippen LogP contribution in [-0.4, -0.2) is 34.0 Å². The molecule has 1 aliphatic heterocycles. The van der Waals surface area contributed by atoms with E-state index in [-0.39, 0.29) is 17.9 Å². The molecule has 1 atom stereocenters. The minimum Gasteiger partial charge on any atom is -0.457 e. The van der Waals surface area contributed by atoms with E-state index in [1.165, 1.54) is 53.6 Å². The monoisotopic (exact) mass is 470 g/mol. The van der Waals surface area contributed by atoms with E-state index >= 15 is 0 Å². The summed E-state index contributed by atoms with van der Waals surface area (Å²) in [7, 11) is 0. The van der Waals surface area contributed by atoms with Gasteiger partial charge in [-0.05, 0) is 66.8 Å². The number of rotatable bonds is 5. The summed E-state index contributed by atoms with van der Waals surface area (Å²) in [5, 5.41) is 13.6. The Morgan fingerprint density at radius 1 is 1.15 bits per heavy atom. The van der Waals surface area contributed by atoms with Crippen LogP contribution in [0.2, 0.25) is 5.02 Å². The van der Waals surface area contributed by atoms with Crippen molar-refractivity contribution in [1.29, 1.82) is 0 Å². The number of amides is 1. The number of hydrogen-bond donors (Lipinski definition) is 2. The lowest BCUT2D eigenvalue weighted by molar-refractivity contribution is -0.140. The number of aliphatic hydroxyl groups is 1. The molecule has 0 bridgehead atoms. The first-order valence-corrected chi connectivity index (χ1v) is 10.1. The van der Waals surface area contributed by atoms with Crippen LogP contribution in [0.25, 0.3) is 0 Å². The first kappa shape index (κ1) is 22.4. The van der Waals surface area contributed by atoms with Crippen LogP contribution >= 0.6 is 11.6 Å². The molecular weight excluding hydrogens is 454 g/mol. The number of hydrogen-bond acceptors (Lipinski definition) is 5. The van der Waals surface area contributed by atoms with Gasteiger partial charge in [-0.2, -0.15) is 0 Å². The Kier molecular flexibility index (Phi) is 6.13. The SMILES string of the molecule is O=C(NC1=CCN(C2(O)C=CC(F)=CC2=O)C=C1)c1cc(Cl)ccc1Oc1ccc(F)cc1. The summed E-state index contributed by atoms with van der Waals surface area (Å²) in [4.78, 5) is 26.3. The maximum absolute atomic E-state index is 13.2. The molecule has 0 radical (unpaired) electrons. The Bertz CT molecular complexity index is 1240. The van der Waals surface area contributed by atoms with Crippen molar-refractivity contribution in [1.82, 2.24) is 10.2 Å². The van der Waals surface area contributed by atoms with Gasteiger partial charge in [0.05, 0.1) is 5.56 Å². The number of carbonyl (C=O) groups excluding carboxylic acids is 2. The van der Waals surface area contributed by atoms with Crippen LogP contribution in [0.15, 0.2) is 90.6 Å². The summed E-state index contributed by atoms with van der Waals surface area (Å²) >= 11 is 6.05. The topological polar surface area (TPSA) is 78.9 Å². The molecule has 0 saturated carbocycles. The van der Waals surface area contributed by atoms with Gasteiger partial charge in [0.25, 0.3) is 5.91 Å². The molecule has 6 nitrogen and oxygen atoms in total. The second-order valence-electron chi connectivity index (χ2n) is 7.23. The van der Waals surface area contributed by atoms with Gasteiger partial charge >= 0.3 is 0 Å². The molecule has 1 aliphatic carbocycles. The van der Waals surface area contributed by atoms with Crippen molar-refractivity contribution in [2.45, 2.75) is 5.72 Å². The number of nitrogens with one attached hydrogen (secondary N) is 1. The highest BCUT2D eigenvalue weighted by Gasteiger charge is 2.39. The van der Waals surface area contributed by atoms with Crippen molar-refractivity contribution >= 4 is 23.3 Å². The van der Waals surface area contributed by atoms with Crippen molar-refractivity contribution in [3.8, 4) is 11.5 Å². The average Bonchev–Trinajstić information content (AvgIpc) is 2.79. The lowest BCUT2D eigenvalue weighted by Crippen LogP contribution is -2.52. The van der Waals surface area contributed by atoms with Gasteiger partial charge in [-0.15, -0.1) is 0 Å². The Morgan fingerprint density at radius 2 is 1.91 bits per heavy atom. The van der Waals surface area contributed by atoms with E-state index in [1.54, 1.807) is 12.1 Å². The molecule has 0 fully saturated rings. The summed E-state index contributed by atoms with van der Waals surface area (Å²) < 4.78 is 32.1. The zero-order valence-electron chi connectivity index (χ0n) is 17.0. The van der Waals surface area contributed by atoms with Gasteiger partial charge in [-0.3, -0.25) is 9.59 Å². The highest BCUT2D eigenvalue weighted by atomic mass is 35.5. The fraction of sp³-hybridized carbons (Fsp3) is 0.0833. The van der Waals surface area contributed by atoms with Gasteiger partial charge in [0.15, 0.2) is 0 Å². The van der Waals surface area contributed by atoms with Crippen molar-refractivity contribution in [3.63, 3.8) is 0 Å². The van der Waals surface area contributed by atoms with Gasteiger partial charge in [-0.1, -0.05) is 11.6 Å². The standard InChI is InChI=1S/C24H17ClF2N2O4/c25-15-1-6-21(33-19-4-2-16(26)3-5-19)20(13-15)23(31)28-18-8-11-29(12-9-18)24(32)10-7-17(27)14-22(24)30/h1-11,13-14,32H,12H2,(H,28,31). The minimum absolute atomic E-state index is 0.0721. The molecule has 9 heteroatoms. The predicted molar refractivity (Wildman–Crippen MR) is 118 cm³/mol. The van der Waals surface area contributed by atoms with Crippen molar-refractivity contribution in [2.24, 2.45) is 0 Å². The number of allylic oxidation sites excluding steroid dienone is 3. The average molecular weight is 471 g/mol. The van der Waals surface area contributed by atoms with Crippen LogP contribution in [0.1, 0.15) is 10.4 Å². The molecule has 168 valence electrons. The van der Waals surface area contributed by atoms with Gasteiger partial charge in [0, 0.05) is 29.5 Å². The van der Waals surface area contributed by atoms with Gasteiger partial charge in [-0.25, -0.2) is 8.78 Å². The van der Waals surface area contributed by atoms with Crippen LogP contribution in [0.3, 0.4) is 0 Å². The summed E-state index contributed by atoms with van der Waals surface area (Å²) in [6.45, 7) is 0.0721. The van der Waals surface area contributed by atoms with Crippen LogP contribution in [-0.2, 0) is 4.79 Å². The maximum atomic E-state index is 13.2. The number of ether oxygens (including phenoxy) is 1. The molecule has 2 aromatic carbocycles. The van der Waals surface area contributed by atoms with Crippen molar-refractivity contribution in [3.05, 3.63) is 107 Å². The molecule has 33 heavy (non-hydrogen) atoms. The zero-order chi connectivity index (χ0) is 23.6. The Labute approximate surface area is 192 Å². The van der Waals surface area contributed by atoms with E-state index in [0.29, 0.717) is 16.5 Å². The largest absolute Gasteiger partial charge is 0.457 e. The summed E-state index contributed by atoms with van der Waals surface area (Å²) in [6.07, 6.45) is 7.28. The van der Waals surface area contributed by atoms with E-state index in [4.69, 9.17) is 16.3 Å². The Balaban J connectivity index is 1.48. The minimum atomic E-state index is -2.01. The summed E-state index contributed by atoms with van der Waals surface area (Å²) in [5.41, 5.74) is -1.46. The van der Waals surface area contributed by atoms with Crippen LogP contribution < -0.4 is 10.1 Å². The number of benzene rings is 2. The third-order valence-electron chi connectivity index (χ3n) is 4.97. The number of halogens is 3. The quantitative estimate of drug-likeness (QED) is 0.677. The van der Waals surface area contributed by atoms with Crippen LogP contribution in [0, 0.1) is 5.82 Å². The molecule has 4 rings (SSSR count). The molecule has 1 unspecified atom stereocenters. The fourth-order valence-corrected chi connectivity index (χ4v) is 3.40. The normalized spacial score (nSPS) is 19.8. The maximum Gasteiger partial charge on any atom is 0.259 e. The lowest BCUT2D eigenvalue weighted by Gasteiger charge is -2.36. The fourth-order valence-electron chi connectivity index (χ4n) is 3.23. The third-order valence-corrected chi connectivity index (χ3v) is 5.21. The molecule has 2 aromatic rings. The van der Waals surface area contributed by atoms with Gasteiger partial charge in [0.2, 0.25) is 11.5 Å². The highest BCUT2D eigenvalue weighted by molar-refractivity contribution is 6.31. The third kappa shape index (κ3) is 4.87. The molecule has 0 saturated heterocycles. The number of carbonyl (C=O) groups is 2. The van der Waals surface area contributed by atoms with E-state index in [2.05, 4.69) is 5.32 Å². The summed E-state index contributed by atoms with van der Waals surface area (Å²) in [6, 6.07) is 9.85. The van der Waals surface area contributed by atoms with Gasteiger partial charge < -0.3 is 20.1 Å². The Hall–Kier alpha value is -3.75. The second kappa shape index (κ2) is 9.01. The molecule has 0 aromatic heterocycles. The van der Waals surface area contributed by atoms with E-state index < -0.39 is 29.1 Å². The molecule has 2 aliphatic rings. The second-order valence-corrected chi connectivity index (χ2v) is 7.67. The van der Waals surface area contributed by atoms with Crippen LogP contribution in [0.4, 0.5) is 8.78 Å².